The number of rotatable bonds is 6. The molecule has 0 fully saturated rings. The van der Waals surface area contributed by atoms with E-state index in [0.717, 1.165) is 17.8 Å². The lowest BCUT2D eigenvalue weighted by Crippen LogP contribution is -2.21. The molecule has 0 radical (unpaired) electrons. The van der Waals surface area contributed by atoms with E-state index in [1.54, 1.807) is 4.68 Å². The Hall–Kier alpha value is -1.52. The Balaban J connectivity index is 1.95. The van der Waals surface area contributed by atoms with Gasteiger partial charge in [0.25, 0.3) is 0 Å². The molecule has 0 unspecified atom stereocenters. The molecule has 1 aromatic heterocycles. The molecule has 1 heterocycles. The number of halogens is 1. The van der Waals surface area contributed by atoms with Gasteiger partial charge in [0.2, 0.25) is 0 Å². The second-order valence-electron chi connectivity index (χ2n) is 5.07. The van der Waals surface area contributed by atoms with Crippen LogP contribution in [0.25, 0.3) is 0 Å². The summed E-state index contributed by atoms with van der Waals surface area (Å²) < 4.78 is 7.44. The monoisotopic (exact) mass is 293 g/mol. The summed E-state index contributed by atoms with van der Waals surface area (Å²) in [6.45, 7) is 5.46. The molecule has 0 saturated heterocycles. The van der Waals surface area contributed by atoms with Crippen LogP contribution in [-0.2, 0) is 20.2 Å². The fourth-order valence-electron chi connectivity index (χ4n) is 1.79. The number of benzene rings is 1. The Morgan fingerprint density at radius 2 is 2.15 bits per heavy atom. The molecule has 0 aliphatic carbocycles. The quantitative estimate of drug-likeness (QED) is 0.889. The summed E-state index contributed by atoms with van der Waals surface area (Å²) in [6.07, 6.45) is 1.89. The Bertz CT molecular complexity index is 566. The number of ether oxygens (including phenoxy) is 1. The van der Waals surface area contributed by atoms with Crippen LogP contribution in [0.4, 0.5) is 0 Å². The molecule has 5 heteroatoms. The van der Waals surface area contributed by atoms with Crippen molar-refractivity contribution < 1.29 is 4.74 Å². The predicted octanol–water partition coefficient (Wildman–Crippen LogP) is 3.15. The lowest BCUT2D eigenvalue weighted by molar-refractivity contribution is 0.300. The van der Waals surface area contributed by atoms with Crippen molar-refractivity contribution in [2.24, 2.45) is 7.05 Å². The number of hydrogen-bond donors (Lipinski definition) is 1. The molecule has 1 N–H and O–H groups in total. The fraction of sp³-hybridized carbons (Fsp3) is 0.400. The Morgan fingerprint density at radius 1 is 1.35 bits per heavy atom. The van der Waals surface area contributed by atoms with E-state index in [-0.39, 0.29) is 0 Å². The van der Waals surface area contributed by atoms with Gasteiger partial charge >= 0.3 is 0 Å². The van der Waals surface area contributed by atoms with Crippen molar-refractivity contribution in [1.29, 1.82) is 0 Å². The van der Waals surface area contributed by atoms with Crippen molar-refractivity contribution in [2.45, 2.75) is 33.0 Å². The van der Waals surface area contributed by atoms with E-state index >= 15 is 0 Å². The zero-order valence-electron chi connectivity index (χ0n) is 12.1. The molecule has 0 saturated carbocycles. The van der Waals surface area contributed by atoms with Crippen molar-refractivity contribution in [3.8, 4) is 5.75 Å². The van der Waals surface area contributed by atoms with Gasteiger partial charge in [0, 0.05) is 25.8 Å². The molecule has 0 bridgehead atoms. The molecule has 20 heavy (non-hydrogen) atoms. The van der Waals surface area contributed by atoms with Gasteiger partial charge in [0.1, 0.15) is 12.4 Å². The summed E-state index contributed by atoms with van der Waals surface area (Å²) in [4.78, 5) is 0. The van der Waals surface area contributed by atoms with Crippen LogP contribution in [-0.4, -0.2) is 15.8 Å². The topological polar surface area (TPSA) is 39.1 Å². The Labute approximate surface area is 124 Å². The van der Waals surface area contributed by atoms with Crippen LogP contribution in [0.1, 0.15) is 25.1 Å². The van der Waals surface area contributed by atoms with Gasteiger partial charge in [-0.2, -0.15) is 5.10 Å². The lowest BCUT2D eigenvalue weighted by atomic mass is 10.2. The SMILES string of the molecule is CC(C)NCc1ccc(OCc2ccn(C)n2)c(Cl)c1. The molecule has 0 aliphatic heterocycles. The van der Waals surface area contributed by atoms with Crippen LogP contribution in [0.15, 0.2) is 30.5 Å². The van der Waals surface area contributed by atoms with Crippen LogP contribution in [0.2, 0.25) is 5.02 Å². The summed E-state index contributed by atoms with van der Waals surface area (Å²) in [6, 6.07) is 8.24. The first kappa shape index (κ1) is 14.9. The van der Waals surface area contributed by atoms with E-state index in [1.807, 2.05) is 37.5 Å². The number of nitrogens with zero attached hydrogens (tertiary/aromatic N) is 2. The molecule has 0 aliphatic rings. The van der Waals surface area contributed by atoms with Gasteiger partial charge in [-0.05, 0) is 23.8 Å². The maximum Gasteiger partial charge on any atom is 0.138 e. The largest absolute Gasteiger partial charge is 0.486 e. The standard InChI is InChI=1S/C15H20ClN3O/c1-11(2)17-9-12-4-5-15(14(16)8-12)20-10-13-6-7-19(3)18-13/h4-8,11,17H,9-10H2,1-3H3. The highest BCUT2D eigenvalue weighted by molar-refractivity contribution is 6.32. The van der Waals surface area contributed by atoms with E-state index in [0.29, 0.717) is 23.4 Å². The number of hydrogen-bond acceptors (Lipinski definition) is 3. The fourth-order valence-corrected chi connectivity index (χ4v) is 2.04. The van der Waals surface area contributed by atoms with E-state index in [1.165, 1.54) is 0 Å². The zero-order chi connectivity index (χ0) is 14.5. The summed E-state index contributed by atoms with van der Waals surface area (Å²) >= 11 is 6.24. The van der Waals surface area contributed by atoms with E-state index in [4.69, 9.17) is 16.3 Å². The van der Waals surface area contributed by atoms with E-state index < -0.39 is 0 Å². The summed E-state index contributed by atoms with van der Waals surface area (Å²) in [5, 5.41) is 8.25. The van der Waals surface area contributed by atoms with Crippen molar-refractivity contribution in [2.75, 3.05) is 0 Å². The third kappa shape index (κ3) is 4.25. The minimum absolute atomic E-state index is 0.421. The number of aryl methyl sites for hydroxylation is 1. The lowest BCUT2D eigenvalue weighted by Gasteiger charge is -2.11. The van der Waals surface area contributed by atoms with Gasteiger partial charge in [0.15, 0.2) is 0 Å². The Kier molecular flexibility index (Phi) is 5.04. The third-order valence-corrected chi connectivity index (χ3v) is 3.15. The predicted molar refractivity (Wildman–Crippen MR) is 81.0 cm³/mol. The second kappa shape index (κ2) is 6.77. The maximum atomic E-state index is 6.24. The average molecular weight is 294 g/mol. The van der Waals surface area contributed by atoms with Crippen molar-refractivity contribution >= 4 is 11.6 Å². The first-order chi connectivity index (χ1) is 9.54. The maximum absolute atomic E-state index is 6.24. The minimum Gasteiger partial charge on any atom is -0.486 e. The first-order valence-corrected chi connectivity index (χ1v) is 7.05. The summed E-state index contributed by atoms with van der Waals surface area (Å²) in [7, 11) is 1.88. The number of nitrogens with one attached hydrogen (secondary N) is 1. The van der Waals surface area contributed by atoms with Gasteiger partial charge in [-0.15, -0.1) is 0 Å². The molecular weight excluding hydrogens is 274 g/mol. The first-order valence-electron chi connectivity index (χ1n) is 6.67. The molecule has 2 rings (SSSR count). The van der Waals surface area contributed by atoms with Crippen LogP contribution < -0.4 is 10.1 Å². The molecule has 0 atom stereocenters. The van der Waals surface area contributed by atoms with Gasteiger partial charge in [-0.1, -0.05) is 31.5 Å². The molecule has 4 nitrogen and oxygen atoms in total. The number of aromatic nitrogens is 2. The van der Waals surface area contributed by atoms with Crippen LogP contribution in [0.3, 0.4) is 0 Å². The van der Waals surface area contributed by atoms with Gasteiger partial charge < -0.3 is 10.1 Å². The van der Waals surface area contributed by atoms with Crippen LogP contribution >= 0.6 is 11.6 Å². The molecule has 1 aromatic carbocycles. The zero-order valence-corrected chi connectivity index (χ0v) is 12.8. The van der Waals surface area contributed by atoms with Gasteiger partial charge in [0.05, 0.1) is 10.7 Å². The average Bonchev–Trinajstić information content (AvgIpc) is 2.81. The normalized spacial score (nSPS) is 11.1. The van der Waals surface area contributed by atoms with Crippen LogP contribution in [0, 0.1) is 0 Å². The van der Waals surface area contributed by atoms with Gasteiger partial charge in [-0.3, -0.25) is 4.68 Å². The van der Waals surface area contributed by atoms with Crippen molar-refractivity contribution in [3.05, 3.63) is 46.7 Å². The molecular formula is C15H20ClN3O. The molecule has 0 spiro atoms. The molecule has 2 aromatic rings. The summed E-state index contributed by atoms with van der Waals surface area (Å²) in [5.74, 6) is 0.686. The smallest absolute Gasteiger partial charge is 0.138 e. The Morgan fingerprint density at radius 3 is 2.75 bits per heavy atom. The highest BCUT2D eigenvalue weighted by atomic mass is 35.5. The minimum atomic E-state index is 0.421. The highest BCUT2D eigenvalue weighted by Gasteiger charge is 2.05. The van der Waals surface area contributed by atoms with Crippen molar-refractivity contribution in [1.82, 2.24) is 15.1 Å². The van der Waals surface area contributed by atoms with Crippen LogP contribution in [0.5, 0.6) is 5.75 Å². The van der Waals surface area contributed by atoms with E-state index in [2.05, 4.69) is 24.3 Å². The van der Waals surface area contributed by atoms with Gasteiger partial charge in [-0.25, -0.2) is 0 Å². The third-order valence-electron chi connectivity index (χ3n) is 2.86. The molecule has 108 valence electrons. The molecule has 0 amide bonds. The highest BCUT2D eigenvalue weighted by Crippen LogP contribution is 2.26. The summed E-state index contributed by atoms with van der Waals surface area (Å²) in [5.41, 5.74) is 2.03. The second-order valence-corrected chi connectivity index (χ2v) is 5.48. The van der Waals surface area contributed by atoms with E-state index in [9.17, 15) is 0 Å². The van der Waals surface area contributed by atoms with Crippen molar-refractivity contribution in [3.63, 3.8) is 0 Å².